The molecule has 1 heterocycles. The molecule has 4 nitrogen and oxygen atoms in total. The van der Waals surface area contributed by atoms with Crippen LogP contribution in [-0.2, 0) is 15.6 Å². The van der Waals surface area contributed by atoms with Gasteiger partial charge in [-0.2, -0.15) is 0 Å². The first-order valence-corrected chi connectivity index (χ1v) is 7.08. The van der Waals surface area contributed by atoms with E-state index in [-0.39, 0.29) is 10.9 Å². The fourth-order valence-corrected chi connectivity index (χ4v) is 1.95. The highest BCUT2D eigenvalue weighted by molar-refractivity contribution is 8.13. The zero-order valence-corrected chi connectivity index (χ0v) is 10.9. The molecule has 1 rings (SSSR count). The Morgan fingerprint density at radius 2 is 2.19 bits per heavy atom. The lowest BCUT2D eigenvalue weighted by Gasteiger charge is -2.05. The van der Waals surface area contributed by atoms with Gasteiger partial charge in [0.25, 0.3) is 9.05 Å². The molecule has 0 spiro atoms. The molecule has 0 atom stereocenters. The average molecular weight is 261 g/mol. The van der Waals surface area contributed by atoms with E-state index >= 15 is 0 Å². The van der Waals surface area contributed by atoms with Crippen LogP contribution in [-0.4, -0.2) is 18.0 Å². The third-order valence-corrected chi connectivity index (χ3v) is 3.15. The zero-order valence-electron chi connectivity index (χ0n) is 9.36. The fraction of sp³-hybridized carbons (Fsp3) is 0.500. The predicted octanol–water partition coefficient (Wildman–Crippen LogP) is 1.96. The SMILES string of the molecule is CC#CCn1cc(S(=O)(=O)Cl)nc1C(C)C. The summed E-state index contributed by atoms with van der Waals surface area (Å²) in [6.07, 6.45) is 1.42. The van der Waals surface area contributed by atoms with E-state index < -0.39 is 9.05 Å². The molecule has 0 aromatic carbocycles. The van der Waals surface area contributed by atoms with Gasteiger partial charge in [-0.25, -0.2) is 13.4 Å². The van der Waals surface area contributed by atoms with Crippen molar-refractivity contribution in [3.8, 4) is 11.8 Å². The van der Waals surface area contributed by atoms with Crippen molar-refractivity contribution in [1.82, 2.24) is 9.55 Å². The minimum Gasteiger partial charge on any atom is -0.322 e. The van der Waals surface area contributed by atoms with Crippen LogP contribution in [0.5, 0.6) is 0 Å². The third-order valence-electron chi connectivity index (χ3n) is 1.98. The van der Waals surface area contributed by atoms with Crippen molar-refractivity contribution in [1.29, 1.82) is 0 Å². The number of aromatic nitrogens is 2. The van der Waals surface area contributed by atoms with Gasteiger partial charge in [-0.3, -0.25) is 0 Å². The molecular weight excluding hydrogens is 248 g/mol. The van der Waals surface area contributed by atoms with E-state index in [1.54, 1.807) is 11.5 Å². The van der Waals surface area contributed by atoms with Gasteiger partial charge in [-0.15, -0.1) is 5.92 Å². The number of halogens is 1. The quantitative estimate of drug-likeness (QED) is 0.617. The lowest BCUT2D eigenvalue weighted by atomic mass is 10.2. The Morgan fingerprint density at radius 3 is 2.62 bits per heavy atom. The van der Waals surface area contributed by atoms with Gasteiger partial charge in [-0.05, 0) is 6.92 Å². The molecule has 0 radical (unpaired) electrons. The number of nitrogens with zero attached hydrogens (tertiary/aromatic N) is 2. The van der Waals surface area contributed by atoms with Gasteiger partial charge in [0.1, 0.15) is 5.82 Å². The van der Waals surface area contributed by atoms with Crippen LogP contribution in [0, 0.1) is 11.8 Å². The van der Waals surface area contributed by atoms with Crippen molar-refractivity contribution >= 4 is 19.7 Å². The van der Waals surface area contributed by atoms with E-state index in [1.165, 1.54) is 6.20 Å². The molecule has 0 bridgehead atoms. The standard InChI is InChI=1S/C10H13ClN2O2S/c1-4-5-6-13-7-9(16(11,14)15)12-10(13)8(2)3/h7-8H,6H2,1-3H3. The molecule has 1 aromatic heterocycles. The normalized spacial score (nSPS) is 11.3. The van der Waals surface area contributed by atoms with E-state index in [0.717, 1.165) is 0 Å². The molecular formula is C10H13ClN2O2S. The topological polar surface area (TPSA) is 52.0 Å². The largest absolute Gasteiger partial charge is 0.322 e. The molecule has 88 valence electrons. The summed E-state index contributed by atoms with van der Waals surface area (Å²) in [6, 6.07) is 0. The maximum atomic E-state index is 11.1. The highest BCUT2D eigenvalue weighted by atomic mass is 35.7. The monoisotopic (exact) mass is 260 g/mol. The first-order valence-electron chi connectivity index (χ1n) is 4.77. The Labute approximate surface area is 100 Å². The van der Waals surface area contributed by atoms with Crippen molar-refractivity contribution < 1.29 is 8.42 Å². The maximum Gasteiger partial charge on any atom is 0.280 e. The summed E-state index contributed by atoms with van der Waals surface area (Å²) in [5, 5.41) is -0.115. The maximum absolute atomic E-state index is 11.1. The highest BCUT2D eigenvalue weighted by Gasteiger charge is 2.18. The van der Waals surface area contributed by atoms with Gasteiger partial charge in [0, 0.05) is 22.8 Å². The first kappa shape index (κ1) is 13.1. The summed E-state index contributed by atoms with van der Waals surface area (Å²) in [6.45, 7) is 6.01. The molecule has 6 heteroatoms. The minimum absolute atomic E-state index is 0.115. The summed E-state index contributed by atoms with van der Waals surface area (Å²) < 4.78 is 24.0. The Hall–Kier alpha value is -0.990. The lowest BCUT2D eigenvalue weighted by molar-refractivity contribution is 0.606. The zero-order chi connectivity index (χ0) is 12.3. The Balaban J connectivity index is 3.24. The number of rotatable bonds is 3. The first-order chi connectivity index (χ1) is 7.36. The van der Waals surface area contributed by atoms with Gasteiger partial charge in [-0.1, -0.05) is 19.8 Å². The summed E-state index contributed by atoms with van der Waals surface area (Å²) in [7, 11) is 1.47. The van der Waals surface area contributed by atoms with Crippen LogP contribution in [0.3, 0.4) is 0 Å². The van der Waals surface area contributed by atoms with Crippen LogP contribution in [0.4, 0.5) is 0 Å². The lowest BCUT2D eigenvalue weighted by Crippen LogP contribution is -2.03. The Morgan fingerprint density at radius 1 is 1.56 bits per heavy atom. The minimum atomic E-state index is -3.77. The van der Waals surface area contributed by atoms with Crippen LogP contribution in [0.2, 0.25) is 0 Å². The molecule has 0 aliphatic heterocycles. The Kier molecular flexibility index (Phi) is 4.00. The van der Waals surface area contributed by atoms with E-state index in [1.807, 2.05) is 13.8 Å². The van der Waals surface area contributed by atoms with E-state index in [9.17, 15) is 8.42 Å². The molecule has 0 aliphatic carbocycles. The molecule has 0 saturated carbocycles. The van der Waals surface area contributed by atoms with Crippen LogP contribution >= 0.6 is 10.7 Å². The van der Waals surface area contributed by atoms with Crippen molar-refractivity contribution in [2.75, 3.05) is 0 Å². The van der Waals surface area contributed by atoms with E-state index in [4.69, 9.17) is 10.7 Å². The number of hydrogen-bond donors (Lipinski definition) is 0. The molecule has 0 amide bonds. The van der Waals surface area contributed by atoms with Crippen molar-refractivity contribution in [2.45, 2.75) is 38.3 Å². The van der Waals surface area contributed by atoms with Gasteiger partial charge in [0.2, 0.25) is 0 Å². The van der Waals surface area contributed by atoms with Gasteiger partial charge in [0.05, 0.1) is 6.54 Å². The van der Waals surface area contributed by atoms with Gasteiger partial charge < -0.3 is 4.57 Å². The molecule has 0 N–H and O–H groups in total. The third kappa shape index (κ3) is 3.00. The number of hydrogen-bond acceptors (Lipinski definition) is 3. The highest BCUT2D eigenvalue weighted by Crippen LogP contribution is 2.19. The average Bonchev–Trinajstić information content (AvgIpc) is 2.57. The second-order valence-corrected chi connectivity index (χ2v) is 6.10. The molecule has 0 fully saturated rings. The molecule has 0 aliphatic rings. The summed E-state index contributed by atoms with van der Waals surface area (Å²) in [5.74, 6) is 6.39. The van der Waals surface area contributed by atoms with Crippen LogP contribution in [0.15, 0.2) is 11.2 Å². The van der Waals surface area contributed by atoms with Gasteiger partial charge >= 0.3 is 0 Å². The van der Waals surface area contributed by atoms with Crippen molar-refractivity contribution in [3.63, 3.8) is 0 Å². The van der Waals surface area contributed by atoms with Crippen molar-refractivity contribution in [2.24, 2.45) is 0 Å². The van der Waals surface area contributed by atoms with Crippen LogP contribution in [0.25, 0.3) is 0 Å². The van der Waals surface area contributed by atoms with Crippen LogP contribution in [0.1, 0.15) is 32.5 Å². The summed E-state index contributed by atoms with van der Waals surface area (Å²) in [5.41, 5.74) is 0. The number of imidazole rings is 1. The van der Waals surface area contributed by atoms with Crippen LogP contribution < -0.4 is 0 Å². The summed E-state index contributed by atoms with van der Waals surface area (Å²) in [4.78, 5) is 4.01. The smallest absolute Gasteiger partial charge is 0.280 e. The van der Waals surface area contributed by atoms with E-state index in [2.05, 4.69) is 16.8 Å². The second-order valence-electron chi connectivity index (χ2n) is 3.58. The van der Waals surface area contributed by atoms with E-state index in [0.29, 0.717) is 12.4 Å². The van der Waals surface area contributed by atoms with Crippen molar-refractivity contribution in [3.05, 3.63) is 12.0 Å². The fourth-order valence-electron chi connectivity index (χ4n) is 1.27. The summed E-state index contributed by atoms with van der Waals surface area (Å²) >= 11 is 0. The predicted molar refractivity (Wildman–Crippen MR) is 62.8 cm³/mol. The molecule has 0 unspecified atom stereocenters. The van der Waals surface area contributed by atoms with Gasteiger partial charge in [0.15, 0.2) is 5.03 Å². The Bertz CT molecular complexity index is 535. The molecule has 16 heavy (non-hydrogen) atoms. The molecule has 1 aromatic rings. The second kappa shape index (κ2) is 4.89. The molecule has 0 saturated heterocycles.